The first-order chi connectivity index (χ1) is 9.03. The largest absolute Gasteiger partial charge is 0.462 e. The summed E-state index contributed by atoms with van der Waals surface area (Å²) in [6.07, 6.45) is 3.96. The predicted octanol–water partition coefficient (Wildman–Crippen LogP) is 1.18. The lowest BCUT2D eigenvalue weighted by Gasteiger charge is -2.29. The van der Waals surface area contributed by atoms with Gasteiger partial charge in [0.1, 0.15) is 13.2 Å². The Labute approximate surface area is 111 Å². The quantitative estimate of drug-likeness (QED) is 0.271. The molecule has 0 N–H and O–H groups in total. The van der Waals surface area contributed by atoms with Crippen molar-refractivity contribution in [1.82, 2.24) is 0 Å². The highest BCUT2D eigenvalue weighted by Gasteiger charge is 2.31. The summed E-state index contributed by atoms with van der Waals surface area (Å²) in [5, 5.41) is 0. The maximum atomic E-state index is 11.1. The molecule has 0 aromatic carbocycles. The number of nitrogens with zero attached hydrogens (tertiary/aromatic N) is 1. The molecule has 6 heteroatoms. The van der Waals surface area contributed by atoms with Crippen molar-refractivity contribution in [3.63, 3.8) is 0 Å². The number of carbonyl (C=O) groups is 2. The molecule has 0 radical (unpaired) electrons. The molecule has 0 aliphatic carbocycles. The fourth-order valence-electron chi connectivity index (χ4n) is 1.22. The van der Waals surface area contributed by atoms with Crippen LogP contribution in [0.4, 0.5) is 0 Å². The van der Waals surface area contributed by atoms with Gasteiger partial charge in [-0.1, -0.05) is 20.1 Å². The lowest BCUT2D eigenvalue weighted by atomic mass is 9.87. The van der Waals surface area contributed by atoms with E-state index in [0.29, 0.717) is 6.42 Å². The zero-order valence-electron chi connectivity index (χ0n) is 10.9. The van der Waals surface area contributed by atoms with Gasteiger partial charge < -0.3 is 9.47 Å². The molecule has 19 heavy (non-hydrogen) atoms. The Hall–Kier alpha value is -2.20. The molecule has 104 valence electrons. The zero-order valence-corrected chi connectivity index (χ0v) is 10.9. The smallest absolute Gasteiger partial charge is 0.330 e. The van der Waals surface area contributed by atoms with E-state index in [9.17, 15) is 14.4 Å². The van der Waals surface area contributed by atoms with Crippen LogP contribution in [0, 0.1) is 5.41 Å². The maximum Gasteiger partial charge on any atom is 0.330 e. The van der Waals surface area contributed by atoms with Gasteiger partial charge in [-0.15, -0.1) is 0 Å². The molecule has 0 bridgehead atoms. The van der Waals surface area contributed by atoms with Crippen LogP contribution in [0.3, 0.4) is 0 Å². The molecule has 0 saturated carbocycles. The monoisotopic (exact) mass is 267 g/mol. The highest BCUT2D eigenvalue weighted by molar-refractivity contribution is 5.81. The Bertz CT molecular complexity index is 372. The van der Waals surface area contributed by atoms with E-state index in [-0.39, 0.29) is 19.8 Å². The van der Waals surface area contributed by atoms with Gasteiger partial charge in [-0.05, 0) is 6.42 Å². The van der Waals surface area contributed by atoms with Gasteiger partial charge in [0.05, 0.1) is 12.0 Å². The molecule has 0 rings (SSSR count). The van der Waals surface area contributed by atoms with Crippen LogP contribution in [0.2, 0.25) is 0 Å². The number of carbonyl (C=O) groups excluding carboxylic acids is 3. The predicted molar refractivity (Wildman–Crippen MR) is 68.0 cm³/mol. The van der Waals surface area contributed by atoms with E-state index in [4.69, 9.17) is 9.47 Å². The second-order valence-corrected chi connectivity index (χ2v) is 3.88. The van der Waals surface area contributed by atoms with Crippen LogP contribution < -0.4 is 0 Å². The second kappa shape index (κ2) is 8.83. The van der Waals surface area contributed by atoms with Crippen molar-refractivity contribution in [3.8, 4) is 0 Å². The first-order valence-electron chi connectivity index (χ1n) is 5.65. The molecular formula is C13H17NO5. The Morgan fingerprint density at radius 3 is 2.00 bits per heavy atom. The van der Waals surface area contributed by atoms with Gasteiger partial charge in [0.2, 0.25) is 6.08 Å². The van der Waals surface area contributed by atoms with Gasteiger partial charge in [-0.3, -0.25) is 0 Å². The van der Waals surface area contributed by atoms with E-state index in [1.54, 1.807) is 0 Å². The standard InChI is InChI=1S/C13H17NO5/c1-4-11(16)18-8-13(6-3,7-14-10-15)9-19-12(17)5-2/h4-5H,1-2,6-9H2,3H3. The van der Waals surface area contributed by atoms with E-state index in [1.807, 2.05) is 6.92 Å². The Kier molecular flexibility index (Phi) is 7.81. The lowest BCUT2D eigenvalue weighted by molar-refractivity contribution is -0.147. The number of esters is 2. The van der Waals surface area contributed by atoms with Gasteiger partial charge in [0.15, 0.2) is 0 Å². The van der Waals surface area contributed by atoms with Crippen LogP contribution in [0.1, 0.15) is 13.3 Å². The van der Waals surface area contributed by atoms with Gasteiger partial charge in [-0.2, -0.15) is 0 Å². The Morgan fingerprint density at radius 2 is 1.68 bits per heavy atom. The fourth-order valence-corrected chi connectivity index (χ4v) is 1.22. The van der Waals surface area contributed by atoms with Crippen molar-refractivity contribution in [1.29, 1.82) is 0 Å². The third-order valence-corrected chi connectivity index (χ3v) is 2.60. The molecule has 0 saturated heterocycles. The van der Waals surface area contributed by atoms with Crippen LogP contribution in [0.5, 0.6) is 0 Å². The molecular weight excluding hydrogens is 250 g/mol. The topological polar surface area (TPSA) is 82.0 Å². The molecule has 0 unspecified atom stereocenters. The van der Waals surface area contributed by atoms with Gasteiger partial charge >= 0.3 is 11.9 Å². The summed E-state index contributed by atoms with van der Waals surface area (Å²) in [7, 11) is 0. The molecule has 0 aromatic heterocycles. The number of ether oxygens (including phenoxy) is 2. The first-order valence-corrected chi connectivity index (χ1v) is 5.65. The average molecular weight is 267 g/mol. The molecule has 0 spiro atoms. The number of aliphatic imine (C=N–C) groups is 1. The summed E-state index contributed by atoms with van der Waals surface area (Å²) in [5.41, 5.74) is -0.755. The minimum atomic E-state index is -0.755. The van der Waals surface area contributed by atoms with Crippen LogP contribution in [0.15, 0.2) is 30.3 Å². The molecule has 0 fully saturated rings. The van der Waals surface area contributed by atoms with E-state index in [0.717, 1.165) is 12.2 Å². The number of rotatable bonds is 9. The van der Waals surface area contributed by atoms with E-state index in [2.05, 4.69) is 18.2 Å². The normalized spacial score (nSPS) is 9.95. The van der Waals surface area contributed by atoms with Crippen LogP contribution in [-0.2, 0) is 23.9 Å². The van der Waals surface area contributed by atoms with Crippen LogP contribution in [-0.4, -0.2) is 37.8 Å². The molecule has 6 nitrogen and oxygen atoms in total. The number of hydrogen-bond acceptors (Lipinski definition) is 6. The first kappa shape index (κ1) is 16.8. The maximum absolute atomic E-state index is 11.1. The van der Waals surface area contributed by atoms with Crippen LogP contribution >= 0.6 is 0 Å². The SMILES string of the molecule is C=CC(=O)OCC(CC)(CN=C=O)COC(=O)C=C. The Morgan fingerprint density at radius 1 is 1.21 bits per heavy atom. The van der Waals surface area contributed by atoms with Crippen molar-refractivity contribution in [2.75, 3.05) is 19.8 Å². The summed E-state index contributed by atoms with van der Waals surface area (Å²) in [4.78, 5) is 35.8. The summed E-state index contributed by atoms with van der Waals surface area (Å²) < 4.78 is 9.89. The van der Waals surface area contributed by atoms with Crippen molar-refractivity contribution in [2.24, 2.45) is 10.4 Å². The van der Waals surface area contributed by atoms with E-state index >= 15 is 0 Å². The third kappa shape index (κ3) is 6.33. The fraction of sp³-hybridized carbons (Fsp3) is 0.462. The summed E-state index contributed by atoms with van der Waals surface area (Å²) in [5.74, 6) is -1.19. The Balaban J connectivity index is 4.79. The molecule has 0 aliphatic heterocycles. The zero-order chi connectivity index (χ0) is 14.7. The van der Waals surface area contributed by atoms with Gasteiger partial charge in [0.25, 0.3) is 0 Å². The molecule has 0 atom stereocenters. The van der Waals surface area contributed by atoms with E-state index < -0.39 is 17.4 Å². The summed E-state index contributed by atoms with van der Waals surface area (Å²) in [6.45, 7) is 8.33. The molecule has 0 aliphatic rings. The highest BCUT2D eigenvalue weighted by Crippen LogP contribution is 2.24. The van der Waals surface area contributed by atoms with Crippen molar-refractivity contribution in [2.45, 2.75) is 13.3 Å². The second-order valence-electron chi connectivity index (χ2n) is 3.88. The third-order valence-electron chi connectivity index (χ3n) is 2.60. The van der Waals surface area contributed by atoms with Crippen molar-refractivity contribution in [3.05, 3.63) is 25.3 Å². The lowest BCUT2D eigenvalue weighted by Crippen LogP contribution is -2.36. The van der Waals surface area contributed by atoms with Gasteiger partial charge in [-0.25, -0.2) is 19.4 Å². The van der Waals surface area contributed by atoms with E-state index in [1.165, 1.54) is 6.08 Å². The number of hydrogen-bond donors (Lipinski definition) is 0. The molecule has 0 heterocycles. The average Bonchev–Trinajstić information content (AvgIpc) is 2.46. The minimum Gasteiger partial charge on any atom is -0.462 e. The van der Waals surface area contributed by atoms with Crippen LogP contribution in [0.25, 0.3) is 0 Å². The van der Waals surface area contributed by atoms with Crippen molar-refractivity contribution >= 4 is 18.0 Å². The summed E-state index contributed by atoms with van der Waals surface area (Å²) in [6, 6.07) is 0. The van der Waals surface area contributed by atoms with Crippen molar-refractivity contribution < 1.29 is 23.9 Å². The highest BCUT2D eigenvalue weighted by atomic mass is 16.5. The summed E-state index contributed by atoms with van der Waals surface area (Å²) >= 11 is 0. The number of isocyanates is 1. The van der Waals surface area contributed by atoms with Gasteiger partial charge in [0, 0.05) is 12.2 Å². The molecule has 0 aromatic rings. The molecule has 0 amide bonds. The minimum absolute atomic E-state index is 0.0377.